The monoisotopic (exact) mass is 298 g/mol. The van der Waals surface area contributed by atoms with Gasteiger partial charge >= 0.3 is 0 Å². The Labute approximate surface area is 120 Å². The Bertz CT molecular complexity index is 624. The van der Waals surface area contributed by atoms with Crippen molar-refractivity contribution in [2.75, 3.05) is 11.1 Å². The number of nitrogen functional groups attached to an aromatic ring is 1. The number of hydrogen-bond donors (Lipinski definition) is 2. The second-order valence-corrected chi connectivity index (χ2v) is 4.71. The molecular formula is C12H12Cl2N4O. The molecule has 100 valence electrons. The van der Waals surface area contributed by atoms with Crippen molar-refractivity contribution >= 4 is 40.5 Å². The summed E-state index contributed by atoms with van der Waals surface area (Å²) in [7, 11) is 0. The molecule has 1 amide bonds. The summed E-state index contributed by atoms with van der Waals surface area (Å²) in [5.41, 5.74) is 6.69. The molecule has 2 aromatic rings. The molecule has 0 fully saturated rings. The van der Waals surface area contributed by atoms with Crippen LogP contribution in [0.15, 0.2) is 24.4 Å². The summed E-state index contributed by atoms with van der Waals surface area (Å²) in [6.07, 6.45) is 1.61. The smallest absolute Gasteiger partial charge is 0.278 e. The van der Waals surface area contributed by atoms with E-state index in [0.29, 0.717) is 28.0 Å². The van der Waals surface area contributed by atoms with Crippen LogP contribution in [0.2, 0.25) is 10.0 Å². The number of aryl methyl sites for hydroxylation is 1. The molecule has 5 nitrogen and oxygen atoms in total. The number of amides is 1. The van der Waals surface area contributed by atoms with Gasteiger partial charge in [-0.05, 0) is 25.1 Å². The second-order valence-electron chi connectivity index (χ2n) is 3.87. The number of carbonyl (C=O) groups is 1. The predicted molar refractivity (Wildman–Crippen MR) is 76.7 cm³/mol. The molecule has 19 heavy (non-hydrogen) atoms. The molecule has 3 N–H and O–H groups in total. The van der Waals surface area contributed by atoms with E-state index in [1.165, 1.54) is 0 Å². The molecule has 7 heteroatoms. The Morgan fingerprint density at radius 2 is 2.21 bits per heavy atom. The predicted octanol–water partition coefficient (Wildman–Crippen LogP) is 3.04. The fraction of sp³-hybridized carbons (Fsp3) is 0.167. The Morgan fingerprint density at radius 1 is 1.47 bits per heavy atom. The van der Waals surface area contributed by atoms with E-state index in [9.17, 15) is 4.79 Å². The maximum atomic E-state index is 12.0. The minimum atomic E-state index is -0.408. The average Bonchev–Trinajstić information content (AvgIpc) is 2.74. The third-order valence-corrected chi connectivity index (χ3v) is 3.06. The lowest BCUT2D eigenvalue weighted by atomic mass is 10.3. The van der Waals surface area contributed by atoms with E-state index >= 15 is 0 Å². The third-order valence-electron chi connectivity index (χ3n) is 2.51. The molecule has 1 aromatic carbocycles. The van der Waals surface area contributed by atoms with E-state index in [2.05, 4.69) is 10.4 Å². The lowest BCUT2D eigenvalue weighted by Gasteiger charge is -2.06. The van der Waals surface area contributed by atoms with Gasteiger partial charge in [-0.1, -0.05) is 23.2 Å². The highest BCUT2D eigenvalue weighted by Crippen LogP contribution is 2.26. The van der Waals surface area contributed by atoms with Crippen LogP contribution in [0, 0.1) is 0 Å². The van der Waals surface area contributed by atoms with Gasteiger partial charge in [-0.3, -0.25) is 9.48 Å². The number of halogens is 2. The summed E-state index contributed by atoms with van der Waals surface area (Å²) in [4.78, 5) is 12.0. The molecule has 0 spiro atoms. The molecule has 0 unspecified atom stereocenters. The Morgan fingerprint density at radius 3 is 2.79 bits per heavy atom. The van der Waals surface area contributed by atoms with Crippen LogP contribution in [0.3, 0.4) is 0 Å². The van der Waals surface area contributed by atoms with E-state index in [4.69, 9.17) is 28.9 Å². The fourth-order valence-corrected chi connectivity index (χ4v) is 2.00. The fourth-order valence-electron chi connectivity index (χ4n) is 1.55. The highest BCUT2D eigenvalue weighted by molar-refractivity contribution is 6.36. The number of benzene rings is 1. The number of anilines is 2. The molecular weight excluding hydrogens is 287 g/mol. The van der Waals surface area contributed by atoms with Crippen LogP contribution in [-0.4, -0.2) is 15.7 Å². The highest BCUT2D eigenvalue weighted by atomic mass is 35.5. The minimum absolute atomic E-state index is 0.174. The summed E-state index contributed by atoms with van der Waals surface area (Å²) < 4.78 is 1.59. The quantitative estimate of drug-likeness (QED) is 0.915. The van der Waals surface area contributed by atoms with Gasteiger partial charge in [0.1, 0.15) is 0 Å². The van der Waals surface area contributed by atoms with Gasteiger partial charge in [-0.25, -0.2) is 0 Å². The van der Waals surface area contributed by atoms with E-state index < -0.39 is 5.91 Å². The van der Waals surface area contributed by atoms with E-state index in [1.54, 1.807) is 29.1 Å². The van der Waals surface area contributed by atoms with Crippen molar-refractivity contribution in [2.24, 2.45) is 0 Å². The molecule has 0 aliphatic rings. The van der Waals surface area contributed by atoms with E-state index in [1.807, 2.05) is 6.92 Å². The highest BCUT2D eigenvalue weighted by Gasteiger charge is 2.15. The lowest BCUT2D eigenvalue weighted by molar-refractivity contribution is 0.102. The third kappa shape index (κ3) is 3.00. The van der Waals surface area contributed by atoms with Crippen LogP contribution in [0.1, 0.15) is 17.4 Å². The van der Waals surface area contributed by atoms with E-state index in [-0.39, 0.29) is 5.69 Å². The van der Waals surface area contributed by atoms with Crippen LogP contribution in [-0.2, 0) is 6.54 Å². The van der Waals surface area contributed by atoms with Crippen LogP contribution in [0.4, 0.5) is 11.4 Å². The van der Waals surface area contributed by atoms with Crippen molar-refractivity contribution < 1.29 is 4.79 Å². The number of nitrogens with zero attached hydrogens (tertiary/aromatic N) is 2. The van der Waals surface area contributed by atoms with Gasteiger partial charge in [0, 0.05) is 17.8 Å². The number of nitrogens with two attached hydrogens (primary N) is 1. The molecule has 0 saturated heterocycles. The first kappa shape index (κ1) is 13.7. The number of rotatable bonds is 3. The maximum absolute atomic E-state index is 12.0. The normalized spacial score (nSPS) is 10.5. The Hall–Kier alpha value is -1.72. The van der Waals surface area contributed by atoms with Crippen molar-refractivity contribution in [3.63, 3.8) is 0 Å². The van der Waals surface area contributed by atoms with E-state index in [0.717, 1.165) is 0 Å². The zero-order chi connectivity index (χ0) is 14.0. The summed E-state index contributed by atoms with van der Waals surface area (Å²) in [5.74, 6) is -0.408. The zero-order valence-corrected chi connectivity index (χ0v) is 11.7. The van der Waals surface area contributed by atoms with Crippen molar-refractivity contribution in [3.05, 3.63) is 40.1 Å². The van der Waals surface area contributed by atoms with Crippen LogP contribution < -0.4 is 11.1 Å². The van der Waals surface area contributed by atoms with Gasteiger partial charge in [-0.15, -0.1) is 0 Å². The number of carbonyl (C=O) groups excluding carboxylic acids is 1. The van der Waals surface area contributed by atoms with Crippen LogP contribution >= 0.6 is 23.2 Å². The summed E-state index contributed by atoms with van der Waals surface area (Å²) in [6, 6.07) is 4.80. The number of nitrogens with one attached hydrogen (secondary N) is 1. The zero-order valence-electron chi connectivity index (χ0n) is 10.2. The molecule has 1 heterocycles. The van der Waals surface area contributed by atoms with Gasteiger partial charge in [0.2, 0.25) is 0 Å². The number of hydrogen-bond acceptors (Lipinski definition) is 3. The van der Waals surface area contributed by atoms with Gasteiger partial charge in [0.05, 0.1) is 16.4 Å². The molecule has 0 aliphatic carbocycles. The largest absolute Gasteiger partial charge is 0.396 e. The van der Waals surface area contributed by atoms with Crippen molar-refractivity contribution in [1.82, 2.24) is 9.78 Å². The molecule has 1 aromatic heterocycles. The van der Waals surface area contributed by atoms with Gasteiger partial charge in [0.15, 0.2) is 5.69 Å². The van der Waals surface area contributed by atoms with Crippen molar-refractivity contribution in [3.8, 4) is 0 Å². The summed E-state index contributed by atoms with van der Waals surface area (Å²) in [5, 5.41) is 7.58. The first-order valence-electron chi connectivity index (χ1n) is 5.60. The molecule has 0 aliphatic heterocycles. The number of aromatic nitrogens is 2. The molecule has 0 radical (unpaired) electrons. The Balaban J connectivity index is 2.23. The minimum Gasteiger partial charge on any atom is -0.396 e. The van der Waals surface area contributed by atoms with Gasteiger partial charge in [0.25, 0.3) is 5.91 Å². The second kappa shape index (κ2) is 5.50. The maximum Gasteiger partial charge on any atom is 0.278 e. The standard InChI is InChI=1S/C12H12Cl2N4O/c1-2-18-6-9(15)11(17-18)12(19)16-10-4-3-7(13)5-8(10)14/h3-6H,2,15H2,1H3,(H,16,19). The van der Waals surface area contributed by atoms with Crippen molar-refractivity contribution in [2.45, 2.75) is 13.5 Å². The lowest BCUT2D eigenvalue weighted by Crippen LogP contribution is -2.15. The first-order valence-corrected chi connectivity index (χ1v) is 6.36. The van der Waals surface area contributed by atoms with Gasteiger partial charge < -0.3 is 11.1 Å². The van der Waals surface area contributed by atoms with Gasteiger partial charge in [-0.2, -0.15) is 5.10 Å². The van der Waals surface area contributed by atoms with Crippen LogP contribution in [0.5, 0.6) is 0 Å². The topological polar surface area (TPSA) is 72.9 Å². The first-order chi connectivity index (χ1) is 9.01. The molecule has 0 atom stereocenters. The SMILES string of the molecule is CCn1cc(N)c(C(=O)Nc2ccc(Cl)cc2Cl)n1. The Kier molecular flexibility index (Phi) is 3.97. The van der Waals surface area contributed by atoms with Crippen molar-refractivity contribution in [1.29, 1.82) is 0 Å². The molecule has 2 rings (SSSR count). The summed E-state index contributed by atoms with van der Waals surface area (Å²) in [6.45, 7) is 2.55. The molecule has 0 bridgehead atoms. The van der Waals surface area contributed by atoms with Crippen LogP contribution in [0.25, 0.3) is 0 Å². The average molecular weight is 299 g/mol. The summed E-state index contributed by atoms with van der Waals surface area (Å²) >= 11 is 11.8. The molecule has 0 saturated carbocycles.